The third-order valence-electron chi connectivity index (χ3n) is 1.45. The molecular weight excluding hydrogens is 176 g/mol. The second-order valence-electron chi connectivity index (χ2n) is 2.98. The summed E-state index contributed by atoms with van der Waals surface area (Å²) in [6.45, 7) is 3.14. The van der Waals surface area contributed by atoms with Crippen LogP contribution in [0.2, 0.25) is 6.04 Å². The van der Waals surface area contributed by atoms with Crippen LogP contribution in [0.3, 0.4) is 0 Å². The fourth-order valence-corrected chi connectivity index (χ4v) is 1.90. The Labute approximate surface area is 73.6 Å². The highest BCUT2D eigenvalue weighted by Gasteiger charge is 2.29. The highest BCUT2D eigenvalue weighted by Crippen LogP contribution is 2.01. The molecule has 0 aromatic heterocycles. The molecule has 1 unspecified atom stereocenters. The van der Waals surface area contributed by atoms with Gasteiger partial charge in [0.2, 0.25) is 0 Å². The van der Waals surface area contributed by atoms with Gasteiger partial charge in [-0.15, -0.1) is 0 Å². The molecule has 0 aromatic carbocycles. The van der Waals surface area contributed by atoms with Gasteiger partial charge in [0.15, 0.2) is 0 Å². The van der Waals surface area contributed by atoms with Gasteiger partial charge in [-0.05, 0) is 26.4 Å². The highest BCUT2D eigenvalue weighted by atomic mass is 28.4. The second-order valence-corrected chi connectivity index (χ2v) is 4.93. The van der Waals surface area contributed by atoms with E-state index in [0.717, 1.165) is 13.0 Å². The van der Waals surface area contributed by atoms with E-state index < -0.39 is 8.80 Å². The van der Waals surface area contributed by atoms with Crippen molar-refractivity contribution in [1.82, 2.24) is 5.32 Å². The molecule has 0 aromatic rings. The fraction of sp³-hybridized carbons (Fsp3) is 1.00. The zero-order valence-corrected chi connectivity index (χ0v) is 8.32. The predicted molar refractivity (Wildman–Crippen MR) is 48.4 cm³/mol. The van der Waals surface area contributed by atoms with Gasteiger partial charge in [-0.1, -0.05) is 0 Å². The van der Waals surface area contributed by atoms with Gasteiger partial charge in [-0.3, -0.25) is 0 Å². The highest BCUT2D eigenvalue weighted by molar-refractivity contribution is 6.56. The first-order valence-electron chi connectivity index (χ1n) is 4.06. The number of nitrogens with two attached hydrogens (primary N) is 1. The molecule has 0 saturated carbocycles. The van der Waals surface area contributed by atoms with Crippen LogP contribution in [0.1, 0.15) is 13.3 Å². The zero-order chi connectivity index (χ0) is 9.61. The smallest absolute Gasteiger partial charge is 0.390 e. The molecule has 0 rings (SSSR count). The van der Waals surface area contributed by atoms with E-state index >= 15 is 0 Å². The Morgan fingerprint density at radius 3 is 2.42 bits per heavy atom. The Morgan fingerprint density at radius 1 is 1.42 bits per heavy atom. The second kappa shape index (κ2) is 5.63. The molecule has 5 nitrogen and oxygen atoms in total. The average Bonchev–Trinajstić information content (AvgIpc) is 1.84. The third-order valence-corrected chi connectivity index (χ3v) is 2.61. The molecule has 0 aliphatic carbocycles. The van der Waals surface area contributed by atoms with Crippen LogP contribution in [0.4, 0.5) is 0 Å². The molecule has 0 radical (unpaired) electrons. The molecule has 6 N–H and O–H groups in total. The molecule has 0 fully saturated rings. The fourth-order valence-electron chi connectivity index (χ4n) is 0.933. The SMILES string of the molecule is CC(C[Si](O)(O)O)NCCCN. The van der Waals surface area contributed by atoms with Crippen LogP contribution in [0.5, 0.6) is 0 Å². The molecule has 0 heterocycles. The number of hydrogen-bond acceptors (Lipinski definition) is 5. The molecular formula is C6H18N2O3Si. The molecule has 0 aliphatic rings. The van der Waals surface area contributed by atoms with Gasteiger partial charge in [0.1, 0.15) is 0 Å². The van der Waals surface area contributed by atoms with Gasteiger partial charge in [0.05, 0.1) is 0 Å². The summed E-state index contributed by atoms with van der Waals surface area (Å²) in [6.07, 6.45) is 0.848. The van der Waals surface area contributed by atoms with E-state index in [1.165, 1.54) is 0 Å². The van der Waals surface area contributed by atoms with Gasteiger partial charge in [-0.25, -0.2) is 0 Å². The van der Waals surface area contributed by atoms with Crippen LogP contribution >= 0.6 is 0 Å². The van der Waals surface area contributed by atoms with Crippen molar-refractivity contribution in [1.29, 1.82) is 0 Å². The minimum atomic E-state index is -3.87. The van der Waals surface area contributed by atoms with Crippen molar-refractivity contribution in [3.8, 4) is 0 Å². The molecule has 0 saturated heterocycles. The van der Waals surface area contributed by atoms with E-state index in [9.17, 15) is 0 Å². The van der Waals surface area contributed by atoms with Crippen LogP contribution in [-0.4, -0.2) is 42.3 Å². The summed E-state index contributed by atoms with van der Waals surface area (Å²) in [5.74, 6) is 0. The minimum absolute atomic E-state index is 0.0254. The summed E-state index contributed by atoms with van der Waals surface area (Å²) in [7, 11) is -3.87. The van der Waals surface area contributed by atoms with E-state index in [1.54, 1.807) is 6.92 Å². The lowest BCUT2D eigenvalue weighted by Crippen LogP contribution is -2.42. The van der Waals surface area contributed by atoms with Crippen molar-refractivity contribution < 1.29 is 14.4 Å². The molecule has 6 heteroatoms. The predicted octanol–water partition coefficient (Wildman–Crippen LogP) is -1.77. The summed E-state index contributed by atoms with van der Waals surface area (Å²) in [5.41, 5.74) is 5.26. The van der Waals surface area contributed by atoms with Crippen molar-refractivity contribution in [3.05, 3.63) is 0 Å². The maximum Gasteiger partial charge on any atom is 0.494 e. The van der Waals surface area contributed by atoms with Crippen LogP contribution < -0.4 is 11.1 Å². The lowest BCUT2D eigenvalue weighted by Gasteiger charge is -2.16. The first kappa shape index (κ1) is 12.0. The van der Waals surface area contributed by atoms with E-state index in [0.29, 0.717) is 6.54 Å². The number of hydrogen-bond donors (Lipinski definition) is 5. The van der Waals surface area contributed by atoms with Crippen molar-refractivity contribution in [2.24, 2.45) is 5.73 Å². The monoisotopic (exact) mass is 194 g/mol. The van der Waals surface area contributed by atoms with Crippen LogP contribution in [0.25, 0.3) is 0 Å². The summed E-state index contributed by atoms with van der Waals surface area (Å²) >= 11 is 0. The van der Waals surface area contributed by atoms with E-state index in [2.05, 4.69) is 5.32 Å². The largest absolute Gasteiger partial charge is 0.494 e. The first-order valence-corrected chi connectivity index (χ1v) is 6.11. The quantitative estimate of drug-likeness (QED) is 0.255. The van der Waals surface area contributed by atoms with Gasteiger partial charge in [0.25, 0.3) is 0 Å². The van der Waals surface area contributed by atoms with Crippen molar-refractivity contribution in [2.45, 2.75) is 25.4 Å². The van der Waals surface area contributed by atoms with E-state index in [-0.39, 0.29) is 12.1 Å². The van der Waals surface area contributed by atoms with E-state index in [1.807, 2.05) is 0 Å². The van der Waals surface area contributed by atoms with Crippen LogP contribution in [0, 0.1) is 0 Å². The Hall–Kier alpha value is 0.0169. The van der Waals surface area contributed by atoms with Crippen LogP contribution in [0.15, 0.2) is 0 Å². The summed E-state index contributed by atoms with van der Waals surface area (Å²) in [6, 6.07) is -0.0550. The standard InChI is InChI=1S/C6H18N2O3Si/c1-6(5-12(9,10)11)8-4-2-3-7/h6,8-11H,2-5,7H2,1H3. The third kappa shape index (κ3) is 8.12. The molecule has 0 amide bonds. The Balaban J connectivity index is 3.40. The van der Waals surface area contributed by atoms with Crippen molar-refractivity contribution in [3.63, 3.8) is 0 Å². The number of rotatable bonds is 6. The Bertz CT molecular complexity index is 118. The van der Waals surface area contributed by atoms with Crippen molar-refractivity contribution >= 4 is 8.80 Å². The average molecular weight is 194 g/mol. The maximum atomic E-state index is 8.73. The van der Waals surface area contributed by atoms with Crippen LogP contribution in [-0.2, 0) is 0 Å². The zero-order valence-electron chi connectivity index (χ0n) is 7.32. The van der Waals surface area contributed by atoms with E-state index in [4.69, 9.17) is 20.1 Å². The summed E-state index contributed by atoms with van der Waals surface area (Å²) in [4.78, 5) is 26.2. The lowest BCUT2D eigenvalue weighted by molar-refractivity contribution is 0.222. The molecule has 74 valence electrons. The molecule has 0 bridgehead atoms. The normalized spacial score (nSPS) is 14.8. The molecule has 12 heavy (non-hydrogen) atoms. The summed E-state index contributed by atoms with van der Waals surface area (Å²) in [5, 5.41) is 3.01. The first-order chi connectivity index (χ1) is 5.45. The lowest BCUT2D eigenvalue weighted by atomic mass is 10.3. The number of nitrogens with one attached hydrogen (secondary N) is 1. The van der Waals surface area contributed by atoms with Crippen molar-refractivity contribution in [2.75, 3.05) is 13.1 Å². The Kier molecular flexibility index (Phi) is 5.63. The molecule has 1 atom stereocenters. The van der Waals surface area contributed by atoms with Gasteiger partial charge in [0, 0.05) is 12.1 Å². The molecule has 0 spiro atoms. The molecule has 0 aliphatic heterocycles. The minimum Gasteiger partial charge on any atom is -0.390 e. The topological polar surface area (TPSA) is 98.7 Å². The van der Waals surface area contributed by atoms with Gasteiger partial charge < -0.3 is 25.4 Å². The van der Waals surface area contributed by atoms with Gasteiger partial charge in [-0.2, -0.15) is 0 Å². The Morgan fingerprint density at radius 2 is 2.00 bits per heavy atom. The van der Waals surface area contributed by atoms with Gasteiger partial charge >= 0.3 is 8.80 Å². The maximum absolute atomic E-state index is 8.73. The summed E-state index contributed by atoms with van der Waals surface area (Å²) < 4.78 is 0.